The van der Waals surface area contributed by atoms with E-state index in [1.54, 1.807) is 30.3 Å². The summed E-state index contributed by atoms with van der Waals surface area (Å²) >= 11 is 0. The Morgan fingerprint density at radius 3 is 3.04 bits per heavy atom. The first kappa shape index (κ1) is 17.7. The van der Waals surface area contributed by atoms with Crippen LogP contribution in [0.4, 0.5) is 0 Å². The van der Waals surface area contributed by atoms with Crippen molar-refractivity contribution in [1.82, 2.24) is 10.7 Å². The molecule has 0 bridgehead atoms. The number of hydrogen-bond donors (Lipinski definition) is 2. The summed E-state index contributed by atoms with van der Waals surface area (Å²) in [6.07, 6.45) is 4.95. The zero-order valence-electron chi connectivity index (χ0n) is 13.4. The summed E-state index contributed by atoms with van der Waals surface area (Å²) in [4.78, 5) is 23.3. The number of ether oxygens (including phenoxy) is 2. The van der Waals surface area contributed by atoms with Crippen molar-refractivity contribution in [3.05, 3.63) is 42.5 Å². The van der Waals surface area contributed by atoms with Crippen LogP contribution >= 0.6 is 0 Å². The van der Waals surface area contributed by atoms with Gasteiger partial charge < -0.3 is 14.8 Å². The van der Waals surface area contributed by atoms with Crippen LogP contribution in [0, 0.1) is 0 Å². The van der Waals surface area contributed by atoms with Gasteiger partial charge in [-0.3, -0.25) is 9.59 Å². The standard InChI is InChI=1S/C17H21N3O4/c1-2-8-23-14-6-3-5-13(10-14)11-19-20-17(22)16(21)18-12-15-7-4-9-24-15/h2-3,5-6,10-11,15H,1,4,7-9,12H2,(H,18,21)(H,20,22)/b19-11-/t15-/m0/s1. The fourth-order valence-electron chi connectivity index (χ4n) is 2.15. The Morgan fingerprint density at radius 2 is 2.29 bits per heavy atom. The van der Waals surface area contributed by atoms with Crippen molar-refractivity contribution in [2.75, 3.05) is 19.8 Å². The Kier molecular flexibility index (Phi) is 6.97. The van der Waals surface area contributed by atoms with Crippen LogP contribution in [0.1, 0.15) is 18.4 Å². The van der Waals surface area contributed by atoms with Gasteiger partial charge in [0.25, 0.3) is 0 Å². The van der Waals surface area contributed by atoms with E-state index in [-0.39, 0.29) is 6.10 Å². The van der Waals surface area contributed by atoms with Crippen LogP contribution in [0.5, 0.6) is 5.75 Å². The number of hydrazone groups is 1. The van der Waals surface area contributed by atoms with E-state index >= 15 is 0 Å². The minimum absolute atomic E-state index is 0.0106. The van der Waals surface area contributed by atoms with Gasteiger partial charge in [0.05, 0.1) is 12.3 Å². The van der Waals surface area contributed by atoms with E-state index in [1.165, 1.54) is 6.21 Å². The summed E-state index contributed by atoms with van der Waals surface area (Å²) < 4.78 is 10.8. The molecule has 0 unspecified atom stereocenters. The molecule has 0 aliphatic carbocycles. The van der Waals surface area contributed by atoms with E-state index in [0.29, 0.717) is 25.5 Å². The van der Waals surface area contributed by atoms with E-state index in [2.05, 4.69) is 22.4 Å². The van der Waals surface area contributed by atoms with Gasteiger partial charge in [-0.05, 0) is 30.5 Å². The van der Waals surface area contributed by atoms with Crippen LogP contribution in [-0.2, 0) is 14.3 Å². The topological polar surface area (TPSA) is 89.0 Å². The molecule has 0 spiro atoms. The molecule has 1 fully saturated rings. The molecule has 0 radical (unpaired) electrons. The number of amides is 2. The third kappa shape index (κ3) is 5.85. The number of carbonyl (C=O) groups excluding carboxylic acids is 2. The first-order valence-electron chi connectivity index (χ1n) is 7.75. The van der Waals surface area contributed by atoms with Gasteiger partial charge >= 0.3 is 11.8 Å². The monoisotopic (exact) mass is 331 g/mol. The average molecular weight is 331 g/mol. The van der Waals surface area contributed by atoms with Crippen molar-refractivity contribution >= 4 is 18.0 Å². The largest absolute Gasteiger partial charge is 0.490 e. The van der Waals surface area contributed by atoms with Gasteiger partial charge in [0.1, 0.15) is 12.4 Å². The van der Waals surface area contributed by atoms with E-state index in [1.807, 2.05) is 0 Å². The maximum absolute atomic E-state index is 11.6. The van der Waals surface area contributed by atoms with Crippen LogP contribution in [0.15, 0.2) is 42.0 Å². The third-order valence-electron chi connectivity index (χ3n) is 3.33. The smallest absolute Gasteiger partial charge is 0.329 e. The molecule has 1 atom stereocenters. The molecular weight excluding hydrogens is 310 g/mol. The molecule has 24 heavy (non-hydrogen) atoms. The zero-order chi connectivity index (χ0) is 17.2. The van der Waals surface area contributed by atoms with Gasteiger partial charge in [-0.15, -0.1) is 0 Å². The van der Waals surface area contributed by atoms with E-state index in [0.717, 1.165) is 18.4 Å². The predicted octanol–water partition coefficient (Wildman–Crippen LogP) is 0.997. The molecular formula is C17H21N3O4. The molecule has 7 heteroatoms. The summed E-state index contributed by atoms with van der Waals surface area (Å²) in [5.41, 5.74) is 2.92. The number of benzene rings is 1. The molecule has 128 valence electrons. The van der Waals surface area contributed by atoms with Crippen LogP contribution in [-0.4, -0.2) is 43.9 Å². The molecule has 2 N–H and O–H groups in total. The Morgan fingerprint density at radius 1 is 1.42 bits per heavy atom. The van der Waals surface area contributed by atoms with E-state index in [4.69, 9.17) is 9.47 Å². The average Bonchev–Trinajstić information content (AvgIpc) is 3.11. The summed E-state index contributed by atoms with van der Waals surface area (Å²) in [7, 11) is 0. The number of hydrogen-bond acceptors (Lipinski definition) is 5. The van der Waals surface area contributed by atoms with Crippen molar-refractivity contribution in [2.24, 2.45) is 5.10 Å². The fourth-order valence-corrected chi connectivity index (χ4v) is 2.15. The fraction of sp³-hybridized carbons (Fsp3) is 0.353. The molecule has 1 heterocycles. The third-order valence-corrected chi connectivity index (χ3v) is 3.33. The molecule has 1 aromatic carbocycles. The molecule has 2 rings (SSSR count). The Labute approximate surface area is 140 Å². The number of carbonyl (C=O) groups is 2. The molecule has 7 nitrogen and oxygen atoms in total. The number of nitrogens with zero attached hydrogens (tertiary/aromatic N) is 1. The normalized spacial score (nSPS) is 16.8. The van der Waals surface area contributed by atoms with Crippen molar-refractivity contribution in [2.45, 2.75) is 18.9 Å². The lowest BCUT2D eigenvalue weighted by Crippen LogP contribution is -2.41. The highest BCUT2D eigenvalue weighted by Crippen LogP contribution is 2.12. The second-order valence-electron chi connectivity index (χ2n) is 5.22. The van der Waals surface area contributed by atoms with Crippen LogP contribution in [0.2, 0.25) is 0 Å². The maximum Gasteiger partial charge on any atom is 0.329 e. The Balaban J connectivity index is 1.76. The molecule has 1 saturated heterocycles. The van der Waals surface area contributed by atoms with Gasteiger partial charge in [-0.2, -0.15) is 5.10 Å². The van der Waals surface area contributed by atoms with E-state index < -0.39 is 11.8 Å². The lowest BCUT2D eigenvalue weighted by atomic mass is 10.2. The molecule has 1 aliphatic heterocycles. The van der Waals surface area contributed by atoms with E-state index in [9.17, 15) is 9.59 Å². The summed E-state index contributed by atoms with van der Waals surface area (Å²) in [5.74, 6) is -0.881. The van der Waals surface area contributed by atoms with Crippen LogP contribution in [0.3, 0.4) is 0 Å². The summed E-state index contributed by atoms with van der Waals surface area (Å²) in [5, 5.41) is 6.30. The first-order chi connectivity index (χ1) is 11.7. The van der Waals surface area contributed by atoms with Crippen molar-refractivity contribution in [3.8, 4) is 5.75 Å². The Hall–Kier alpha value is -2.67. The molecule has 0 saturated carbocycles. The highest BCUT2D eigenvalue weighted by molar-refractivity contribution is 6.35. The molecule has 1 aromatic rings. The molecule has 2 amide bonds. The van der Waals surface area contributed by atoms with Gasteiger partial charge in [0, 0.05) is 13.2 Å². The first-order valence-corrected chi connectivity index (χ1v) is 7.75. The van der Waals surface area contributed by atoms with Gasteiger partial charge in [-0.25, -0.2) is 5.43 Å². The molecule has 1 aliphatic rings. The number of nitrogens with one attached hydrogen (secondary N) is 2. The SMILES string of the molecule is C=CCOc1cccc(/C=N\NC(=O)C(=O)NC[C@@H]2CCCO2)c1. The maximum atomic E-state index is 11.6. The Bertz CT molecular complexity index is 610. The van der Waals surface area contributed by atoms with Gasteiger partial charge in [-0.1, -0.05) is 24.8 Å². The minimum atomic E-state index is -0.816. The van der Waals surface area contributed by atoms with Crippen molar-refractivity contribution < 1.29 is 19.1 Å². The van der Waals surface area contributed by atoms with Gasteiger partial charge in [0.15, 0.2) is 0 Å². The van der Waals surface area contributed by atoms with Crippen molar-refractivity contribution in [3.63, 3.8) is 0 Å². The van der Waals surface area contributed by atoms with Gasteiger partial charge in [0.2, 0.25) is 0 Å². The summed E-state index contributed by atoms with van der Waals surface area (Å²) in [6.45, 7) is 5.02. The number of rotatable bonds is 7. The quantitative estimate of drug-likeness (QED) is 0.338. The van der Waals surface area contributed by atoms with Crippen LogP contribution < -0.4 is 15.5 Å². The summed E-state index contributed by atoms with van der Waals surface area (Å²) in [6, 6.07) is 7.17. The zero-order valence-corrected chi connectivity index (χ0v) is 13.4. The molecule has 0 aromatic heterocycles. The highest BCUT2D eigenvalue weighted by atomic mass is 16.5. The highest BCUT2D eigenvalue weighted by Gasteiger charge is 2.18. The van der Waals surface area contributed by atoms with Crippen LogP contribution in [0.25, 0.3) is 0 Å². The second-order valence-corrected chi connectivity index (χ2v) is 5.22. The lowest BCUT2D eigenvalue weighted by molar-refractivity contribution is -0.139. The van der Waals surface area contributed by atoms with Crippen molar-refractivity contribution in [1.29, 1.82) is 0 Å². The minimum Gasteiger partial charge on any atom is -0.490 e. The second kappa shape index (κ2) is 9.46. The predicted molar refractivity (Wildman–Crippen MR) is 89.9 cm³/mol. The lowest BCUT2D eigenvalue weighted by Gasteiger charge is -2.09.